The lowest BCUT2D eigenvalue weighted by atomic mass is 10.1. The van der Waals surface area contributed by atoms with Gasteiger partial charge >= 0.3 is 5.97 Å². The number of aliphatic carboxylic acids is 1. The van der Waals surface area contributed by atoms with Crippen molar-refractivity contribution in [1.29, 1.82) is 0 Å². The topological polar surface area (TPSA) is 49.8 Å². The average Bonchev–Trinajstić information content (AvgIpc) is 2.61. The van der Waals surface area contributed by atoms with Crippen LogP contribution in [0.2, 0.25) is 0 Å². The van der Waals surface area contributed by atoms with Crippen LogP contribution in [-0.4, -0.2) is 36.9 Å². The summed E-state index contributed by atoms with van der Waals surface area (Å²) in [4.78, 5) is 12.7. The van der Waals surface area contributed by atoms with Gasteiger partial charge in [-0.3, -0.25) is 0 Å². The summed E-state index contributed by atoms with van der Waals surface area (Å²) in [5.41, 5.74) is 1.41. The maximum absolute atomic E-state index is 13.4. The summed E-state index contributed by atoms with van der Waals surface area (Å²) in [7, 11) is 0. The predicted molar refractivity (Wildman–Crippen MR) is 75.3 cm³/mol. The van der Waals surface area contributed by atoms with Crippen molar-refractivity contribution in [1.82, 2.24) is 0 Å². The minimum Gasteiger partial charge on any atom is -0.478 e. The summed E-state index contributed by atoms with van der Waals surface area (Å²) in [6.07, 6.45) is 3.44. The van der Waals surface area contributed by atoms with Crippen molar-refractivity contribution in [3.63, 3.8) is 0 Å². The number of halogens is 1. The van der Waals surface area contributed by atoms with E-state index in [9.17, 15) is 9.18 Å². The second-order valence-corrected chi connectivity index (χ2v) is 4.86. The zero-order valence-electron chi connectivity index (χ0n) is 11.4. The molecule has 4 nitrogen and oxygen atoms in total. The number of hydrogen-bond donors (Lipinski definition) is 1. The van der Waals surface area contributed by atoms with Gasteiger partial charge in [-0.1, -0.05) is 0 Å². The molecule has 1 fully saturated rings. The molecule has 0 bridgehead atoms. The Morgan fingerprint density at radius 2 is 2.35 bits per heavy atom. The van der Waals surface area contributed by atoms with Gasteiger partial charge in [0.15, 0.2) is 0 Å². The number of carbonyl (C=O) groups is 1. The molecule has 1 aromatic rings. The molecular formula is C15H18FNO3. The quantitative estimate of drug-likeness (QED) is 0.864. The number of carboxylic acid groups (broad SMARTS) is 1. The van der Waals surface area contributed by atoms with Gasteiger partial charge in [0, 0.05) is 37.0 Å². The fourth-order valence-electron chi connectivity index (χ4n) is 2.32. The molecule has 0 radical (unpaired) electrons. The largest absolute Gasteiger partial charge is 0.478 e. The fourth-order valence-corrected chi connectivity index (χ4v) is 2.32. The Kier molecular flexibility index (Phi) is 4.74. The molecule has 1 aliphatic heterocycles. The Balaban J connectivity index is 2.31. The second-order valence-electron chi connectivity index (χ2n) is 4.86. The second kappa shape index (κ2) is 6.52. The number of hydrogen-bond acceptors (Lipinski definition) is 3. The predicted octanol–water partition coefficient (Wildman–Crippen LogP) is 2.54. The minimum atomic E-state index is -1.05. The first-order valence-corrected chi connectivity index (χ1v) is 6.63. The van der Waals surface area contributed by atoms with Crippen LogP contribution in [0.1, 0.15) is 18.9 Å². The molecule has 1 atom stereocenters. The first-order valence-electron chi connectivity index (χ1n) is 6.63. The molecule has 5 heteroatoms. The Morgan fingerprint density at radius 1 is 1.55 bits per heavy atom. The number of rotatable bonds is 3. The van der Waals surface area contributed by atoms with E-state index in [0.717, 1.165) is 24.7 Å². The molecule has 20 heavy (non-hydrogen) atoms. The van der Waals surface area contributed by atoms with Crippen molar-refractivity contribution in [3.8, 4) is 0 Å². The van der Waals surface area contributed by atoms with E-state index in [4.69, 9.17) is 9.84 Å². The van der Waals surface area contributed by atoms with E-state index < -0.39 is 5.97 Å². The summed E-state index contributed by atoms with van der Waals surface area (Å²) in [5.74, 6) is -1.43. The summed E-state index contributed by atoms with van der Waals surface area (Å²) in [6.45, 7) is 4.22. The molecule has 2 rings (SSSR count). The van der Waals surface area contributed by atoms with E-state index >= 15 is 0 Å². The highest BCUT2D eigenvalue weighted by atomic mass is 19.1. The van der Waals surface area contributed by atoms with Crippen LogP contribution in [0.3, 0.4) is 0 Å². The monoisotopic (exact) mass is 279 g/mol. The van der Waals surface area contributed by atoms with Crippen LogP contribution in [0.4, 0.5) is 10.1 Å². The third kappa shape index (κ3) is 3.81. The molecule has 0 aromatic heterocycles. The number of carboxylic acids is 1. The van der Waals surface area contributed by atoms with Gasteiger partial charge in [-0.2, -0.15) is 0 Å². The molecule has 1 N–H and O–H groups in total. The molecule has 0 amide bonds. The highest BCUT2D eigenvalue weighted by Gasteiger charge is 2.17. The maximum atomic E-state index is 13.4. The van der Waals surface area contributed by atoms with Crippen LogP contribution in [0.25, 0.3) is 6.08 Å². The smallest absolute Gasteiger partial charge is 0.328 e. The van der Waals surface area contributed by atoms with Crippen LogP contribution < -0.4 is 4.90 Å². The minimum absolute atomic E-state index is 0.0962. The van der Waals surface area contributed by atoms with Gasteiger partial charge in [0.2, 0.25) is 0 Å². The van der Waals surface area contributed by atoms with E-state index in [-0.39, 0.29) is 11.9 Å². The molecule has 1 unspecified atom stereocenters. The normalized spacial score (nSPS) is 20.1. The molecule has 1 saturated heterocycles. The van der Waals surface area contributed by atoms with Crippen molar-refractivity contribution in [3.05, 3.63) is 35.7 Å². The summed E-state index contributed by atoms with van der Waals surface area (Å²) in [6, 6.07) is 4.43. The highest BCUT2D eigenvalue weighted by molar-refractivity contribution is 5.87. The molecule has 1 aliphatic rings. The number of anilines is 1. The SMILES string of the molecule is CC1CN(c2ccc(F)cc2C=CC(=O)O)CCCO1. The van der Waals surface area contributed by atoms with E-state index in [1.54, 1.807) is 6.07 Å². The standard InChI is InChI=1S/C15H18FNO3/c1-11-10-17(7-2-8-20-11)14-5-4-13(16)9-12(14)3-6-15(18)19/h3-6,9,11H,2,7-8,10H2,1H3,(H,18,19). The van der Waals surface area contributed by atoms with Gasteiger partial charge in [0.05, 0.1) is 6.10 Å². The third-order valence-corrected chi connectivity index (χ3v) is 3.19. The number of ether oxygens (including phenoxy) is 1. The Bertz CT molecular complexity index is 516. The van der Waals surface area contributed by atoms with Gasteiger partial charge in [-0.25, -0.2) is 9.18 Å². The fraction of sp³-hybridized carbons (Fsp3) is 0.400. The number of nitrogens with zero attached hydrogens (tertiary/aromatic N) is 1. The lowest BCUT2D eigenvalue weighted by molar-refractivity contribution is -0.131. The van der Waals surface area contributed by atoms with Gasteiger partial charge < -0.3 is 14.7 Å². The van der Waals surface area contributed by atoms with Crippen molar-refractivity contribution in [2.45, 2.75) is 19.4 Å². The number of benzene rings is 1. The molecule has 0 saturated carbocycles. The van der Waals surface area contributed by atoms with Crippen LogP contribution in [0.5, 0.6) is 0 Å². The summed E-state index contributed by atoms with van der Waals surface area (Å²) < 4.78 is 19.0. The third-order valence-electron chi connectivity index (χ3n) is 3.19. The van der Waals surface area contributed by atoms with Crippen LogP contribution in [0.15, 0.2) is 24.3 Å². The molecular weight excluding hydrogens is 261 g/mol. The Hall–Kier alpha value is -1.88. The average molecular weight is 279 g/mol. The lowest BCUT2D eigenvalue weighted by Crippen LogP contribution is -2.30. The van der Waals surface area contributed by atoms with Crippen molar-refractivity contribution < 1.29 is 19.0 Å². The molecule has 1 heterocycles. The van der Waals surface area contributed by atoms with Gasteiger partial charge in [-0.05, 0) is 37.6 Å². The lowest BCUT2D eigenvalue weighted by Gasteiger charge is -2.26. The highest BCUT2D eigenvalue weighted by Crippen LogP contribution is 2.25. The van der Waals surface area contributed by atoms with Crippen LogP contribution >= 0.6 is 0 Å². The van der Waals surface area contributed by atoms with Crippen molar-refractivity contribution in [2.24, 2.45) is 0 Å². The van der Waals surface area contributed by atoms with Crippen molar-refractivity contribution in [2.75, 3.05) is 24.6 Å². The maximum Gasteiger partial charge on any atom is 0.328 e. The van der Waals surface area contributed by atoms with Crippen LogP contribution in [0, 0.1) is 5.82 Å². The van der Waals surface area contributed by atoms with E-state index in [0.29, 0.717) is 18.7 Å². The van der Waals surface area contributed by atoms with E-state index in [2.05, 4.69) is 4.90 Å². The van der Waals surface area contributed by atoms with Crippen molar-refractivity contribution >= 4 is 17.7 Å². The Morgan fingerprint density at radius 3 is 3.10 bits per heavy atom. The first-order chi connectivity index (χ1) is 9.56. The summed E-state index contributed by atoms with van der Waals surface area (Å²) in [5, 5.41) is 8.72. The Labute approximate surface area is 117 Å². The molecule has 0 spiro atoms. The van der Waals surface area contributed by atoms with Gasteiger partial charge in [0.25, 0.3) is 0 Å². The zero-order valence-corrected chi connectivity index (χ0v) is 11.4. The van der Waals surface area contributed by atoms with Gasteiger partial charge in [0.1, 0.15) is 5.82 Å². The summed E-state index contributed by atoms with van der Waals surface area (Å²) >= 11 is 0. The van der Waals surface area contributed by atoms with Gasteiger partial charge in [-0.15, -0.1) is 0 Å². The molecule has 0 aliphatic carbocycles. The van der Waals surface area contributed by atoms with E-state index in [1.165, 1.54) is 18.2 Å². The van der Waals surface area contributed by atoms with E-state index in [1.807, 2.05) is 6.92 Å². The first kappa shape index (κ1) is 14.5. The van der Waals surface area contributed by atoms with Crippen LogP contribution in [-0.2, 0) is 9.53 Å². The molecule has 108 valence electrons. The zero-order chi connectivity index (χ0) is 14.5. The molecule has 1 aromatic carbocycles.